The predicted molar refractivity (Wildman–Crippen MR) is 83.6 cm³/mol. The molecule has 0 fully saturated rings. The number of carbonyl (C=O) groups is 1. The Kier molecular flexibility index (Phi) is 5.08. The van der Waals surface area contributed by atoms with E-state index in [2.05, 4.69) is 0 Å². The van der Waals surface area contributed by atoms with Crippen molar-refractivity contribution in [3.05, 3.63) is 53.1 Å². The number of hydrogen-bond donors (Lipinski definition) is 2. The Labute approximate surface area is 133 Å². The summed E-state index contributed by atoms with van der Waals surface area (Å²) < 4.78 is 15.9. The van der Waals surface area contributed by atoms with E-state index in [9.17, 15) is 9.90 Å². The Hall–Kier alpha value is -2.73. The zero-order valence-corrected chi connectivity index (χ0v) is 13.1. The first-order valence-electron chi connectivity index (χ1n) is 6.83. The largest absolute Gasteiger partial charge is 0.493 e. The number of benzene rings is 2. The highest BCUT2D eigenvalue weighted by molar-refractivity contribution is 5.87. The normalized spacial score (nSPS) is 11.7. The lowest BCUT2D eigenvalue weighted by atomic mass is 9.99. The van der Waals surface area contributed by atoms with Crippen LogP contribution in [-0.2, 0) is 0 Å². The number of methoxy groups -OCH3 is 3. The average Bonchev–Trinajstić information content (AvgIpc) is 2.59. The molecule has 0 saturated heterocycles. The Morgan fingerprint density at radius 1 is 0.913 bits per heavy atom. The molecule has 6 heteroatoms. The molecule has 2 rings (SSSR count). The highest BCUT2D eigenvalue weighted by atomic mass is 16.5. The van der Waals surface area contributed by atoms with Crippen LogP contribution < -0.4 is 14.2 Å². The summed E-state index contributed by atoms with van der Waals surface area (Å²) in [5.74, 6) is 0.214. The number of aromatic carboxylic acids is 1. The van der Waals surface area contributed by atoms with Gasteiger partial charge in [0.2, 0.25) is 5.75 Å². The lowest BCUT2D eigenvalue weighted by Gasteiger charge is -2.19. The molecule has 1 atom stereocenters. The Balaban J connectivity index is 2.46. The molecule has 2 aromatic carbocycles. The van der Waals surface area contributed by atoms with Crippen molar-refractivity contribution in [1.82, 2.24) is 0 Å². The van der Waals surface area contributed by atoms with Gasteiger partial charge in [0.25, 0.3) is 0 Å². The van der Waals surface area contributed by atoms with Crippen molar-refractivity contribution < 1.29 is 29.2 Å². The highest BCUT2D eigenvalue weighted by Crippen LogP contribution is 2.43. The topological polar surface area (TPSA) is 85.2 Å². The standard InChI is InChI=1S/C17H18O6/c1-21-13-9-8-12(15(22-2)16(13)23-3)14(18)10-4-6-11(7-5-10)17(19)20/h4-9,14,18H,1-3H3,(H,19,20). The SMILES string of the molecule is COc1ccc(C(O)c2ccc(C(=O)O)cc2)c(OC)c1OC. The van der Waals surface area contributed by atoms with Gasteiger partial charge in [-0.15, -0.1) is 0 Å². The van der Waals surface area contributed by atoms with E-state index in [1.54, 1.807) is 24.3 Å². The monoisotopic (exact) mass is 318 g/mol. The molecule has 0 aromatic heterocycles. The van der Waals surface area contributed by atoms with Gasteiger partial charge in [0.05, 0.1) is 26.9 Å². The summed E-state index contributed by atoms with van der Waals surface area (Å²) in [6.45, 7) is 0. The van der Waals surface area contributed by atoms with E-state index >= 15 is 0 Å². The van der Waals surface area contributed by atoms with Gasteiger partial charge >= 0.3 is 5.97 Å². The molecular weight excluding hydrogens is 300 g/mol. The number of carboxylic acid groups (broad SMARTS) is 1. The van der Waals surface area contributed by atoms with Crippen LogP contribution in [0.25, 0.3) is 0 Å². The van der Waals surface area contributed by atoms with Gasteiger partial charge < -0.3 is 24.4 Å². The highest BCUT2D eigenvalue weighted by Gasteiger charge is 2.22. The zero-order valence-electron chi connectivity index (χ0n) is 13.1. The van der Waals surface area contributed by atoms with Crippen LogP contribution >= 0.6 is 0 Å². The fraction of sp³-hybridized carbons (Fsp3) is 0.235. The minimum atomic E-state index is -1.02. The first kappa shape index (κ1) is 16.6. The van der Waals surface area contributed by atoms with Gasteiger partial charge in [0, 0.05) is 5.56 Å². The zero-order chi connectivity index (χ0) is 17.0. The van der Waals surface area contributed by atoms with E-state index in [0.29, 0.717) is 28.4 Å². The molecule has 2 N–H and O–H groups in total. The van der Waals surface area contributed by atoms with Crippen LogP contribution in [0.2, 0.25) is 0 Å². The van der Waals surface area contributed by atoms with Crippen molar-refractivity contribution >= 4 is 5.97 Å². The molecule has 0 aliphatic carbocycles. The van der Waals surface area contributed by atoms with Crippen molar-refractivity contribution in [3.63, 3.8) is 0 Å². The van der Waals surface area contributed by atoms with E-state index in [1.807, 2.05) is 0 Å². The molecule has 0 aliphatic heterocycles. The first-order valence-corrected chi connectivity index (χ1v) is 6.83. The van der Waals surface area contributed by atoms with Crippen LogP contribution in [0.4, 0.5) is 0 Å². The van der Waals surface area contributed by atoms with Crippen molar-refractivity contribution in [2.45, 2.75) is 6.10 Å². The lowest BCUT2D eigenvalue weighted by molar-refractivity contribution is 0.0696. The van der Waals surface area contributed by atoms with Crippen LogP contribution in [0.3, 0.4) is 0 Å². The van der Waals surface area contributed by atoms with E-state index < -0.39 is 12.1 Å². The molecule has 0 aliphatic rings. The summed E-state index contributed by atoms with van der Waals surface area (Å²) in [5, 5.41) is 19.5. The van der Waals surface area contributed by atoms with Crippen molar-refractivity contribution in [1.29, 1.82) is 0 Å². The maximum Gasteiger partial charge on any atom is 0.335 e. The number of hydrogen-bond acceptors (Lipinski definition) is 5. The minimum Gasteiger partial charge on any atom is -0.493 e. The second-order valence-corrected chi connectivity index (χ2v) is 4.75. The summed E-state index contributed by atoms with van der Waals surface area (Å²) in [6.07, 6.45) is -0.993. The molecule has 1 unspecified atom stereocenters. The number of aliphatic hydroxyl groups is 1. The molecule has 0 spiro atoms. The minimum absolute atomic E-state index is 0.153. The van der Waals surface area contributed by atoms with E-state index in [-0.39, 0.29) is 5.56 Å². The number of rotatable bonds is 6. The average molecular weight is 318 g/mol. The van der Waals surface area contributed by atoms with Gasteiger partial charge in [-0.05, 0) is 29.8 Å². The summed E-state index contributed by atoms with van der Waals surface area (Å²) in [4.78, 5) is 10.9. The van der Waals surface area contributed by atoms with Crippen LogP contribution in [0, 0.1) is 0 Å². The van der Waals surface area contributed by atoms with Gasteiger partial charge in [-0.3, -0.25) is 0 Å². The van der Waals surface area contributed by atoms with E-state index in [4.69, 9.17) is 19.3 Å². The quantitative estimate of drug-likeness (QED) is 0.851. The van der Waals surface area contributed by atoms with Crippen molar-refractivity contribution in [3.8, 4) is 17.2 Å². The predicted octanol–water partition coefficient (Wildman–Crippen LogP) is 2.49. The van der Waals surface area contributed by atoms with Gasteiger partial charge in [-0.1, -0.05) is 12.1 Å². The third-order valence-electron chi connectivity index (χ3n) is 3.50. The third-order valence-corrected chi connectivity index (χ3v) is 3.50. The molecule has 0 saturated carbocycles. The Bertz CT molecular complexity index is 693. The van der Waals surface area contributed by atoms with Gasteiger partial charge in [0.15, 0.2) is 11.5 Å². The summed E-state index contributed by atoms with van der Waals surface area (Å²) in [5.41, 5.74) is 1.19. The number of carboxylic acids is 1. The summed E-state index contributed by atoms with van der Waals surface area (Å²) >= 11 is 0. The smallest absolute Gasteiger partial charge is 0.335 e. The molecule has 6 nitrogen and oxygen atoms in total. The molecule has 2 aromatic rings. The second kappa shape index (κ2) is 7.02. The van der Waals surface area contributed by atoms with Crippen molar-refractivity contribution in [2.24, 2.45) is 0 Å². The number of ether oxygens (including phenoxy) is 3. The summed E-state index contributed by atoms with van der Waals surface area (Å²) in [6, 6.07) is 9.35. The molecule has 0 amide bonds. The second-order valence-electron chi connectivity index (χ2n) is 4.75. The summed E-state index contributed by atoms with van der Waals surface area (Å²) in [7, 11) is 4.47. The van der Waals surface area contributed by atoms with Crippen molar-refractivity contribution in [2.75, 3.05) is 21.3 Å². The molecule has 0 bridgehead atoms. The first-order chi connectivity index (χ1) is 11.0. The lowest BCUT2D eigenvalue weighted by Crippen LogP contribution is -2.05. The van der Waals surface area contributed by atoms with Gasteiger partial charge in [-0.2, -0.15) is 0 Å². The maximum atomic E-state index is 10.9. The van der Waals surface area contributed by atoms with Crippen LogP contribution in [0.1, 0.15) is 27.6 Å². The molecule has 0 heterocycles. The molecule has 23 heavy (non-hydrogen) atoms. The number of aliphatic hydroxyl groups excluding tert-OH is 1. The van der Waals surface area contributed by atoms with Crippen LogP contribution in [0.15, 0.2) is 36.4 Å². The van der Waals surface area contributed by atoms with Crippen LogP contribution in [-0.4, -0.2) is 37.5 Å². The fourth-order valence-corrected chi connectivity index (χ4v) is 2.33. The van der Waals surface area contributed by atoms with E-state index in [0.717, 1.165) is 0 Å². The maximum absolute atomic E-state index is 10.9. The van der Waals surface area contributed by atoms with E-state index in [1.165, 1.54) is 33.5 Å². The van der Waals surface area contributed by atoms with Crippen LogP contribution in [0.5, 0.6) is 17.2 Å². The fourth-order valence-electron chi connectivity index (χ4n) is 2.33. The molecular formula is C17H18O6. The Morgan fingerprint density at radius 2 is 1.52 bits per heavy atom. The Morgan fingerprint density at radius 3 is 2.00 bits per heavy atom. The molecule has 0 radical (unpaired) electrons. The van der Waals surface area contributed by atoms with Gasteiger partial charge in [0.1, 0.15) is 6.10 Å². The van der Waals surface area contributed by atoms with Gasteiger partial charge in [-0.25, -0.2) is 4.79 Å². The molecule has 122 valence electrons. The third kappa shape index (κ3) is 3.22.